The number of hydrogen-bond donors (Lipinski definition) is 0. The van der Waals surface area contributed by atoms with E-state index in [0.29, 0.717) is 5.41 Å². The summed E-state index contributed by atoms with van der Waals surface area (Å²) in [5, 5.41) is 0. The van der Waals surface area contributed by atoms with Gasteiger partial charge in [0.05, 0.1) is 10.8 Å². The topological polar surface area (TPSA) is 0 Å². The molecule has 0 heterocycles. The zero-order valence-electron chi connectivity index (χ0n) is 9.85. The molecule has 0 bridgehead atoms. The molecule has 0 aromatic carbocycles. The number of fused-ring (bicyclic) bond motifs is 2. The molecule has 0 nitrogen and oxygen atoms in total. The molecule has 3 aliphatic carbocycles. The fraction of sp³-hybridized carbons (Fsp3) is 0.714. The SMILES string of the molecule is C#CC12C3CCCC1C32C#C[Si](C)(C)C. The van der Waals surface area contributed by atoms with Crippen LogP contribution in [0.1, 0.15) is 19.3 Å². The van der Waals surface area contributed by atoms with E-state index in [2.05, 4.69) is 37.0 Å². The van der Waals surface area contributed by atoms with Gasteiger partial charge in [0, 0.05) is 0 Å². The molecule has 0 N–H and O–H groups in total. The predicted molar refractivity (Wildman–Crippen MR) is 65.7 cm³/mol. The van der Waals surface area contributed by atoms with Crippen molar-refractivity contribution < 1.29 is 0 Å². The zero-order chi connectivity index (χ0) is 10.9. The Morgan fingerprint density at radius 3 is 2.13 bits per heavy atom. The fourth-order valence-corrected chi connectivity index (χ4v) is 4.50. The molecule has 3 aliphatic rings. The van der Waals surface area contributed by atoms with Gasteiger partial charge in [-0.1, -0.05) is 32.0 Å². The maximum atomic E-state index is 5.72. The van der Waals surface area contributed by atoms with E-state index >= 15 is 0 Å². The third-order valence-corrected chi connectivity index (χ3v) is 5.46. The van der Waals surface area contributed by atoms with Crippen LogP contribution < -0.4 is 0 Å². The van der Waals surface area contributed by atoms with E-state index in [1.807, 2.05) is 0 Å². The van der Waals surface area contributed by atoms with Crippen molar-refractivity contribution in [2.75, 3.05) is 0 Å². The molecule has 0 aliphatic heterocycles. The fourth-order valence-electron chi connectivity index (χ4n) is 3.92. The molecule has 2 unspecified atom stereocenters. The molecule has 0 saturated heterocycles. The van der Waals surface area contributed by atoms with Crippen molar-refractivity contribution in [2.45, 2.75) is 38.9 Å². The summed E-state index contributed by atoms with van der Waals surface area (Å²) in [5.74, 6) is 8.24. The van der Waals surface area contributed by atoms with Gasteiger partial charge in [-0.3, -0.25) is 0 Å². The van der Waals surface area contributed by atoms with Crippen molar-refractivity contribution >= 4 is 8.07 Å². The van der Waals surface area contributed by atoms with E-state index in [0.717, 1.165) is 11.8 Å². The summed E-state index contributed by atoms with van der Waals surface area (Å²) in [6.45, 7) is 6.94. The van der Waals surface area contributed by atoms with E-state index < -0.39 is 8.07 Å². The largest absolute Gasteiger partial charge is 0.131 e. The smallest absolute Gasteiger partial charge is 0.129 e. The number of terminal acetylenes is 1. The molecular weight excluding hydrogens is 196 g/mol. The summed E-state index contributed by atoms with van der Waals surface area (Å²) < 4.78 is 0. The summed E-state index contributed by atoms with van der Waals surface area (Å²) in [6, 6.07) is 0. The van der Waals surface area contributed by atoms with Gasteiger partial charge in [0.2, 0.25) is 0 Å². The average Bonchev–Trinajstić information content (AvgIpc) is 3.00. The Hall–Kier alpha value is -0.663. The van der Waals surface area contributed by atoms with Crippen LogP contribution in [-0.4, -0.2) is 8.07 Å². The van der Waals surface area contributed by atoms with E-state index in [4.69, 9.17) is 6.42 Å². The minimum absolute atomic E-state index is 0.262. The first-order chi connectivity index (χ1) is 6.99. The van der Waals surface area contributed by atoms with Gasteiger partial charge in [0.1, 0.15) is 8.07 Å². The van der Waals surface area contributed by atoms with Crippen molar-refractivity contribution in [3.63, 3.8) is 0 Å². The zero-order valence-corrected chi connectivity index (χ0v) is 10.9. The Kier molecular flexibility index (Phi) is 1.50. The summed E-state index contributed by atoms with van der Waals surface area (Å²) in [7, 11) is -1.22. The van der Waals surface area contributed by atoms with Crippen molar-refractivity contribution in [1.82, 2.24) is 0 Å². The van der Waals surface area contributed by atoms with E-state index in [9.17, 15) is 0 Å². The van der Waals surface area contributed by atoms with Crippen molar-refractivity contribution in [2.24, 2.45) is 22.7 Å². The van der Waals surface area contributed by atoms with Gasteiger partial charge >= 0.3 is 0 Å². The molecule has 3 fully saturated rings. The average molecular weight is 214 g/mol. The van der Waals surface area contributed by atoms with Gasteiger partial charge in [0.15, 0.2) is 0 Å². The van der Waals surface area contributed by atoms with Crippen molar-refractivity contribution in [3.8, 4) is 23.8 Å². The lowest BCUT2D eigenvalue weighted by atomic mass is 9.79. The van der Waals surface area contributed by atoms with Gasteiger partial charge in [-0.05, 0) is 24.7 Å². The van der Waals surface area contributed by atoms with E-state index in [1.54, 1.807) is 0 Å². The van der Waals surface area contributed by atoms with Crippen molar-refractivity contribution in [1.29, 1.82) is 0 Å². The molecule has 3 rings (SSSR count). The van der Waals surface area contributed by atoms with Gasteiger partial charge < -0.3 is 0 Å². The third-order valence-electron chi connectivity index (χ3n) is 4.59. The van der Waals surface area contributed by atoms with Crippen LogP contribution >= 0.6 is 0 Å². The normalized spacial score (nSPS) is 49.5. The second-order valence-electron chi connectivity index (χ2n) is 6.42. The highest BCUT2D eigenvalue weighted by Crippen LogP contribution is 2.97. The van der Waals surface area contributed by atoms with E-state index in [1.165, 1.54) is 19.3 Å². The van der Waals surface area contributed by atoms with Crippen LogP contribution in [0.25, 0.3) is 0 Å². The maximum absolute atomic E-state index is 5.72. The Labute approximate surface area is 93.8 Å². The lowest BCUT2D eigenvalue weighted by Crippen LogP contribution is -2.20. The van der Waals surface area contributed by atoms with Crippen molar-refractivity contribution in [3.05, 3.63) is 0 Å². The first-order valence-electron chi connectivity index (χ1n) is 6.01. The molecular formula is C14H18Si. The minimum atomic E-state index is -1.22. The lowest BCUT2D eigenvalue weighted by molar-refractivity contribution is 0.282. The Bertz CT molecular complexity index is 409. The van der Waals surface area contributed by atoms with E-state index in [-0.39, 0.29) is 5.41 Å². The molecule has 0 aromatic rings. The Balaban J connectivity index is 1.91. The molecule has 0 radical (unpaired) electrons. The van der Waals surface area contributed by atoms with Crippen LogP contribution in [0.2, 0.25) is 19.6 Å². The monoisotopic (exact) mass is 214 g/mol. The van der Waals surface area contributed by atoms with Crippen LogP contribution in [0, 0.1) is 46.5 Å². The van der Waals surface area contributed by atoms with Gasteiger partial charge in [-0.25, -0.2) is 0 Å². The lowest BCUT2D eigenvalue weighted by Gasteiger charge is -2.23. The van der Waals surface area contributed by atoms with Gasteiger partial charge in [-0.15, -0.1) is 17.9 Å². The molecule has 0 amide bonds. The predicted octanol–water partition coefficient (Wildman–Crippen LogP) is 2.92. The minimum Gasteiger partial charge on any atom is -0.131 e. The Morgan fingerprint density at radius 1 is 1.13 bits per heavy atom. The first-order valence-corrected chi connectivity index (χ1v) is 9.51. The maximum Gasteiger partial charge on any atom is 0.129 e. The first kappa shape index (κ1) is 9.55. The summed E-state index contributed by atoms with van der Waals surface area (Å²) in [6.07, 6.45) is 9.77. The summed E-state index contributed by atoms with van der Waals surface area (Å²) >= 11 is 0. The molecule has 0 spiro atoms. The highest BCUT2D eigenvalue weighted by molar-refractivity contribution is 6.83. The standard InChI is InChI=1S/C14H18Si/c1-5-13-11-7-6-8-12(13)14(11,13)9-10-15(2,3)4/h1,11-12H,6-8H2,2-4H3. The van der Waals surface area contributed by atoms with Crippen LogP contribution in [-0.2, 0) is 0 Å². The highest BCUT2D eigenvalue weighted by atomic mass is 28.3. The molecule has 78 valence electrons. The second-order valence-corrected chi connectivity index (χ2v) is 11.2. The number of rotatable bonds is 0. The second kappa shape index (κ2) is 2.36. The summed E-state index contributed by atoms with van der Waals surface area (Å²) in [5.41, 5.74) is 4.13. The van der Waals surface area contributed by atoms with Gasteiger partial charge in [-0.2, -0.15) is 0 Å². The van der Waals surface area contributed by atoms with Crippen LogP contribution in [0.5, 0.6) is 0 Å². The molecule has 1 heteroatoms. The third kappa shape index (κ3) is 0.872. The van der Waals surface area contributed by atoms with Crippen LogP contribution in [0.4, 0.5) is 0 Å². The van der Waals surface area contributed by atoms with Crippen LogP contribution in [0.15, 0.2) is 0 Å². The quantitative estimate of drug-likeness (QED) is 0.430. The molecule has 0 aromatic heterocycles. The molecule has 2 atom stereocenters. The molecule has 15 heavy (non-hydrogen) atoms. The van der Waals surface area contributed by atoms with Crippen LogP contribution in [0.3, 0.4) is 0 Å². The Morgan fingerprint density at radius 2 is 1.73 bits per heavy atom. The summed E-state index contributed by atoms with van der Waals surface area (Å²) in [4.78, 5) is 0. The molecule has 3 saturated carbocycles. The van der Waals surface area contributed by atoms with Gasteiger partial charge in [0.25, 0.3) is 0 Å². The highest BCUT2D eigenvalue weighted by Gasteiger charge is 2.97. The number of hydrogen-bond acceptors (Lipinski definition) is 0.